The average Bonchev–Trinajstić information content (AvgIpc) is 2.61. The lowest BCUT2D eigenvalue weighted by Gasteiger charge is -2.22. The summed E-state index contributed by atoms with van der Waals surface area (Å²) >= 11 is 0. The lowest BCUT2D eigenvalue weighted by atomic mass is 9.99. The number of aromatic nitrogens is 1. The van der Waals surface area contributed by atoms with Gasteiger partial charge in [0.15, 0.2) is 0 Å². The Morgan fingerprint density at radius 2 is 1.57 bits per heavy atom. The Bertz CT molecular complexity index is 760. The van der Waals surface area contributed by atoms with E-state index in [1.165, 1.54) is 12.1 Å². The molecule has 0 bridgehead atoms. The smallest absolute Gasteiger partial charge is 0.141 e. The van der Waals surface area contributed by atoms with E-state index >= 15 is 0 Å². The second-order valence-corrected chi connectivity index (χ2v) is 5.11. The van der Waals surface area contributed by atoms with Crippen LogP contribution in [0.3, 0.4) is 0 Å². The fraction of sp³-hybridized carbons (Fsp3) is 0.105. The first-order chi connectivity index (χ1) is 11.3. The first kappa shape index (κ1) is 15.0. The number of benzene rings is 2. The summed E-state index contributed by atoms with van der Waals surface area (Å²) in [6.45, 7) is 0. The Hall–Kier alpha value is -2.88. The van der Waals surface area contributed by atoms with Gasteiger partial charge in [-0.1, -0.05) is 24.3 Å². The van der Waals surface area contributed by atoms with Gasteiger partial charge >= 0.3 is 0 Å². The van der Waals surface area contributed by atoms with E-state index in [0.717, 1.165) is 22.6 Å². The number of nitrogens with zero attached hydrogens (tertiary/aromatic N) is 1. The van der Waals surface area contributed by atoms with Crippen molar-refractivity contribution in [2.45, 2.75) is 6.04 Å². The minimum atomic E-state index is -0.250. The molecule has 0 amide bonds. The number of pyridine rings is 1. The maximum atomic E-state index is 13.2. The third kappa shape index (κ3) is 3.48. The highest BCUT2D eigenvalue weighted by Gasteiger charge is 2.16. The molecule has 0 aliphatic heterocycles. The van der Waals surface area contributed by atoms with Crippen molar-refractivity contribution in [1.29, 1.82) is 0 Å². The van der Waals surface area contributed by atoms with Crippen molar-refractivity contribution < 1.29 is 9.13 Å². The summed E-state index contributed by atoms with van der Waals surface area (Å²) < 4.78 is 18.6. The van der Waals surface area contributed by atoms with Gasteiger partial charge in [-0.2, -0.15) is 0 Å². The van der Waals surface area contributed by atoms with Crippen molar-refractivity contribution in [3.05, 3.63) is 90.0 Å². The largest absolute Gasteiger partial charge is 0.495 e. The van der Waals surface area contributed by atoms with Crippen LogP contribution in [-0.2, 0) is 0 Å². The van der Waals surface area contributed by atoms with Crippen molar-refractivity contribution in [3.63, 3.8) is 0 Å². The first-order valence-corrected chi connectivity index (χ1v) is 7.33. The number of halogens is 1. The molecule has 1 atom stereocenters. The topological polar surface area (TPSA) is 34.1 Å². The van der Waals surface area contributed by atoms with Crippen LogP contribution in [0, 0.1) is 5.82 Å². The van der Waals surface area contributed by atoms with Gasteiger partial charge in [0.25, 0.3) is 0 Å². The van der Waals surface area contributed by atoms with E-state index in [2.05, 4.69) is 10.3 Å². The maximum absolute atomic E-state index is 13.2. The van der Waals surface area contributed by atoms with Crippen LogP contribution in [0.1, 0.15) is 17.2 Å². The van der Waals surface area contributed by atoms with E-state index in [0.29, 0.717) is 0 Å². The number of hydrogen-bond donors (Lipinski definition) is 1. The molecular formula is C19H17FN2O. The molecule has 0 aliphatic carbocycles. The molecule has 0 saturated heterocycles. The predicted octanol–water partition coefficient (Wildman–Crippen LogP) is 4.43. The Balaban J connectivity index is 2.00. The molecule has 3 nitrogen and oxygen atoms in total. The van der Waals surface area contributed by atoms with Crippen LogP contribution in [0.4, 0.5) is 10.1 Å². The predicted molar refractivity (Wildman–Crippen MR) is 89.1 cm³/mol. The van der Waals surface area contributed by atoms with Crippen LogP contribution in [0.5, 0.6) is 5.75 Å². The number of nitrogens with one attached hydrogen (secondary N) is 1. The molecule has 0 spiro atoms. The van der Waals surface area contributed by atoms with Crippen molar-refractivity contribution >= 4 is 5.69 Å². The molecule has 3 aromatic rings. The van der Waals surface area contributed by atoms with Crippen molar-refractivity contribution in [2.75, 3.05) is 12.4 Å². The average molecular weight is 308 g/mol. The quantitative estimate of drug-likeness (QED) is 0.757. The van der Waals surface area contributed by atoms with Crippen LogP contribution in [0.25, 0.3) is 0 Å². The van der Waals surface area contributed by atoms with Gasteiger partial charge in [-0.05, 0) is 47.5 Å². The molecule has 0 aliphatic rings. The van der Waals surface area contributed by atoms with Gasteiger partial charge in [0.1, 0.15) is 11.6 Å². The summed E-state index contributed by atoms with van der Waals surface area (Å²) in [5.74, 6) is 0.508. The van der Waals surface area contributed by atoms with Crippen molar-refractivity contribution in [1.82, 2.24) is 4.98 Å². The first-order valence-electron chi connectivity index (χ1n) is 7.33. The van der Waals surface area contributed by atoms with Crippen LogP contribution >= 0.6 is 0 Å². The standard InChI is InChI=1S/C19H17FN2O/c1-23-18-5-3-2-4-17(18)22-19(15-10-12-21-13-11-15)14-6-8-16(20)9-7-14/h2-13,19,22H,1H3. The molecule has 0 fully saturated rings. The highest BCUT2D eigenvalue weighted by Crippen LogP contribution is 2.31. The molecule has 1 unspecified atom stereocenters. The summed E-state index contributed by atoms with van der Waals surface area (Å²) in [5, 5.41) is 3.48. The Morgan fingerprint density at radius 3 is 2.26 bits per heavy atom. The Labute approximate surface area is 134 Å². The third-order valence-corrected chi connectivity index (χ3v) is 3.65. The molecule has 23 heavy (non-hydrogen) atoms. The van der Waals surface area contributed by atoms with E-state index in [4.69, 9.17) is 4.74 Å². The normalized spacial score (nSPS) is 11.7. The molecule has 0 saturated carbocycles. The number of para-hydroxylation sites is 2. The minimum Gasteiger partial charge on any atom is -0.495 e. The second kappa shape index (κ2) is 6.92. The number of rotatable bonds is 5. The molecule has 3 rings (SSSR count). The van der Waals surface area contributed by atoms with Gasteiger partial charge in [0, 0.05) is 12.4 Å². The van der Waals surface area contributed by atoms with E-state index < -0.39 is 0 Å². The maximum Gasteiger partial charge on any atom is 0.141 e. The van der Waals surface area contributed by atoms with E-state index in [1.807, 2.05) is 36.4 Å². The lowest BCUT2D eigenvalue weighted by molar-refractivity contribution is 0.416. The van der Waals surface area contributed by atoms with Gasteiger partial charge in [0.2, 0.25) is 0 Å². The molecule has 116 valence electrons. The summed E-state index contributed by atoms with van der Waals surface area (Å²) in [5.41, 5.74) is 2.88. The van der Waals surface area contributed by atoms with Crippen LogP contribution in [0.2, 0.25) is 0 Å². The third-order valence-electron chi connectivity index (χ3n) is 3.65. The molecular weight excluding hydrogens is 291 g/mol. The molecule has 1 aromatic heterocycles. The van der Waals surface area contributed by atoms with E-state index in [-0.39, 0.29) is 11.9 Å². The Kier molecular flexibility index (Phi) is 4.52. The fourth-order valence-electron chi connectivity index (χ4n) is 2.49. The number of anilines is 1. The van der Waals surface area contributed by atoms with Crippen molar-refractivity contribution in [3.8, 4) is 5.75 Å². The minimum absolute atomic E-state index is 0.130. The Morgan fingerprint density at radius 1 is 0.913 bits per heavy atom. The lowest BCUT2D eigenvalue weighted by Crippen LogP contribution is -2.13. The zero-order chi connectivity index (χ0) is 16.1. The van der Waals surface area contributed by atoms with E-state index in [1.54, 1.807) is 31.6 Å². The summed E-state index contributed by atoms with van der Waals surface area (Å²) in [6, 6.07) is 18.0. The second-order valence-electron chi connectivity index (χ2n) is 5.11. The zero-order valence-corrected chi connectivity index (χ0v) is 12.7. The monoisotopic (exact) mass is 308 g/mol. The van der Waals surface area contributed by atoms with Crippen LogP contribution < -0.4 is 10.1 Å². The van der Waals surface area contributed by atoms with E-state index in [9.17, 15) is 4.39 Å². The molecule has 4 heteroatoms. The summed E-state index contributed by atoms with van der Waals surface area (Å²) in [6.07, 6.45) is 3.49. The summed E-state index contributed by atoms with van der Waals surface area (Å²) in [4.78, 5) is 4.06. The van der Waals surface area contributed by atoms with Gasteiger partial charge in [-0.25, -0.2) is 4.39 Å². The van der Waals surface area contributed by atoms with Gasteiger partial charge < -0.3 is 10.1 Å². The number of methoxy groups -OCH3 is 1. The molecule has 1 heterocycles. The number of hydrogen-bond acceptors (Lipinski definition) is 3. The van der Waals surface area contributed by atoms with Gasteiger partial charge in [0.05, 0.1) is 18.8 Å². The van der Waals surface area contributed by atoms with Gasteiger partial charge in [-0.3, -0.25) is 4.98 Å². The van der Waals surface area contributed by atoms with Crippen molar-refractivity contribution in [2.24, 2.45) is 0 Å². The van der Waals surface area contributed by atoms with Gasteiger partial charge in [-0.15, -0.1) is 0 Å². The molecule has 1 N–H and O–H groups in total. The zero-order valence-electron chi connectivity index (χ0n) is 12.7. The SMILES string of the molecule is COc1ccccc1NC(c1ccncc1)c1ccc(F)cc1. The highest BCUT2D eigenvalue weighted by molar-refractivity contribution is 5.59. The van der Waals surface area contributed by atoms with Crippen LogP contribution in [-0.4, -0.2) is 12.1 Å². The molecule has 0 radical (unpaired) electrons. The summed E-state index contributed by atoms with van der Waals surface area (Å²) in [7, 11) is 1.64. The number of ether oxygens (including phenoxy) is 1. The highest BCUT2D eigenvalue weighted by atomic mass is 19.1. The molecule has 2 aromatic carbocycles. The fourth-order valence-corrected chi connectivity index (χ4v) is 2.49. The van der Waals surface area contributed by atoms with Crippen LogP contribution in [0.15, 0.2) is 73.1 Å².